The lowest BCUT2D eigenvalue weighted by Gasteiger charge is -2.20. The predicted octanol–water partition coefficient (Wildman–Crippen LogP) is 2.35. The normalized spacial score (nSPS) is 18.9. The van der Waals surface area contributed by atoms with Crippen LogP contribution < -0.4 is 5.32 Å². The molecular formula is C14H17N3OS. The minimum absolute atomic E-state index is 0.0459. The summed E-state index contributed by atoms with van der Waals surface area (Å²) in [6.07, 6.45) is 8.85. The molecule has 2 heterocycles. The number of carbonyl (C=O) groups excluding carboxylic acids is 1. The summed E-state index contributed by atoms with van der Waals surface area (Å²) in [7, 11) is 2.11. The van der Waals surface area contributed by atoms with Crippen LogP contribution in [0.5, 0.6) is 0 Å². The summed E-state index contributed by atoms with van der Waals surface area (Å²) >= 11 is 1.60. The molecule has 0 atom stereocenters. The summed E-state index contributed by atoms with van der Waals surface area (Å²) in [5, 5.41) is 3.64. The second kappa shape index (κ2) is 5.27. The maximum absolute atomic E-state index is 12.1. The summed E-state index contributed by atoms with van der Waals surface area (Å²) < 4.78 is 0. The zero-order chi connectivity index (χ0) is 13.2. The summed E-state index contributed by atoms with van der Waals surface area (Å²) in [5.41, 5.74) is 1.89. The summed E-state index contributed by atoms with van der Waals surface area (Å²) in [4.78, 5) is 20.2. The van der Waals surface area contributed by atoms with Crippen molar-refractivity contribution in [1.82, 2.24) is 9.88 Å². The quantitative estimate of drug-likeness (QED) is 0.901. The molecule has 5 heteroatoms. The van der Waals surface area contributed by atoms with Crippen molar-refractivity contribution in [2.45, 2.75) is 25.8 Å². The van der Waals surface area contributed by atoms with Crippen molar-refractivity contribution >= 4 is 22.4 Å². The van der Waals surface area contributed by atoms with E-state index in [0.717, 1.165) is 48.8 Å². The Balaban J connectivity index is 1.72. The van der Waals surface area contributed by atoms with Gasteiger partial charge >= 0.3 is 0 Å². The second-order valence-corrected chi connectivity index (χ2v) is 6.05. The zero-order valence-corrected chi connectivity index (χ0v) is 11.8. The Hall–Kier alpha value is -1.46. The van der Waals surface area contributed by atoms with Crippen molar-refractivity contribution in [2.75, 3.05) is 18.9 Å². The van der Waals surface area contributed by atoms with E-state index in [1.165, 1.54) is 4.88 Å². The van der Waals surface area contributed by atoms with Gasteiger partial charge in [0.1, 0.15) is 0 Å². The first kappa shape index (κ1) is 12.6. The molecule has 1 aromatic heterocycles. The number of thiazole rings is 1. The average Bonchev–Trinajstić information content (AvgIpc) is 2.81. The standard InChI is InChI=1S/C14H17N3OS/c1-17-8-7-11-12(9-17)19-14(15-11)16-13(18)10-5-3-2-4-6-10/h3,5-6H,2,4,7-9H2,1H3,(H,15,16,18). The number of allylic oxidation sites excluding steroid dienone is 2. The van der Waals surface area contributed by atoms with Gasteiger partial charge in [0.2, 0.25) is 0 Å². The highest BCUT2D eigenvalue weighted by molar-refractivity contribution is 7.15. The maximum Gasteiger partial charge on any atom is 0.257 e. The summed E-state index contributed by atoms with van der Waals surface area (Å²) in [6.45, 7) is 1.98. The van der Waals surface area contributed by atoms with Gasteiger partial charge in [0.25, 0.3) is 5.91 Å². The molecule has 0 aromatic carbocycles. The van der Waals surface area contributed by atoms with E-state index in [1.54, 1.807) is 11.3 Å². The highest BCUT2D eigenvalue weighted by atomic mass is 32.1. The van der Waals surface area contributed by atoms with Gasteiger partial charge in [-0.1, -0.05) is 18.2 Å². The highest BCUT2D eigenvalue weighted by Gasteiger charge is 2.19. The van der Waals surface area contributed by atoms with Crippen molar-refractivity contribution in [3.8, 4) is 0 Å². The van der Waals surface area contributed by atoms with Gasteiger partial charge < -0.3 is 4.90 Å². The van der Waals surface area contributed by atoms with Gasteiger partial charge in [0, 0.05) is 30.0 Å². The number of carbonyl (C=O) groups is 1. The Morgan fingerprint density at radius 2 is 2.37 bits per heavy atom. The molecule has 1 aliphatic carbocycles. The van der Waals surface area contributed by atoms with Crippen molar-refractivity contribution in [2.24, 2.45) is 0 Å². The Morgan fingerprint density at radius 3 is 3.16 bits per heavy atom. The molecule has 3 rings (SSSR count). The topological polar surface area (TPSA) is 45.2 Å². The van der Waals surface area contributed by atoms with E-state index < -0.39 is 0 Å². The highest BCUT2D eigenvalue weighted by Crippen LogP contribution is 2.28. The molecule has 19 heavy (non-hydrogen) atoms. The van der Waals surface area contributed by atoms with Crippen molar-refractivity contribution in [3.63, 3.8) is 0 Å². The predicted molar refractivity (Wildman–Crippen MR) is 77.2 cm³/mol. The molecule has 1 N–H and O–H groups in total. The molecule has 0 saturated carbocycles. The first-order valence-electron chi connectivity index (χ1n) is 6.57. The van der Waals surface area contributed by atoms with Gasteiger partial charge in [-0.3, -0.25) is 10.1 Å². The number of rotatable bonds is 2. The molecule has 0 spiro atoms. The molecule has 0 bridgehead atoms. The fourth-order valence-corrected chi connectivity index (χ4v) is 3.41. The number of likely N-dealkylation sites (N-methyl/N-ethyl adjacent to an activating group) is 1. The Labute approximate surface area is 116 Å². The fourth-order valence-electron chi connectivity index (χ4n) is 2.33. The molecule has 2 aliphatic rings. The number of amides is 1. The largest absolute Gasteiger partial charge is 0.301 e. The van der Waals surface area contributed by atoms with E-state index in [4.69, 9.17) is 0 Å². The lowest BCUT2D eigenvalue weighted by Crippen LogP contribution is -2.25. The van der Waals surface area contributed by atoms with Gasteiger partial charge in [-0.15, -0.1) is 11.3 Å². The second-order valence-electron chi connectivity index (χ2n) is 4.97. The van der Waals surface area contributed by atoms with Crippen LogP contribution in [0, 0.1) is 0 Å². The van der Waals surface area contributed by atoms with Gasteiger partial charge in [-0.25, -0.2) is 4.98 Å². The maximum atomic E-state index is 12.1. The minimum Gasteiger partial charge on any atom is -0.301 e. The molecule has 100 valence electrons. The molecule has 1 aliphatic heterocycles. The smallest absolute Gasteiger partial charge is 0.257 e. The lowest BCUT2D eigenvalue weighted by atomic mass is 10.1. The number of fused-ring (bicyclic) bond motifs is 1. The van der Waals surface area contributed by atoms with Gasteiger partial charge in [-0.05, 0) is 19.9 Å². The van der Waals surface area contributed by atoms with Crippen LogP contribution in [0.2, 0.25) is 0 Å². The van der Waals surface area contributed by atoms with Crippen LogP contribution in [0.3, 0.4) is 0 Å². The van der Waals surface area contributed by atoms with Gasteiger partial charge in [0.05, 0.1) is 5.69 Å². The van der Waals surface area contributed by atoms with Crippen LogP contribution in [-0.2, 0) is 17.8 Å². The van der Waals surface area contributed by atoms with Crippen LogP contribution in [0.4, 0.5) is 5.13 Å². The Morgan fingerprint density at radius 1 is 1.47 bits per heavy atom. The van der Waals surface area contributed by atoms with Crippen molar-refractivity contribution in [3.05, 3.63) is 34.4 Å². The van der Waals surface area contributed by atoms with Crippen LogP contribution >= 0.6 is 11.3 Å². The number of hydrogen-bond acceptors (Lipinski definition) is 4. The van der Waals surface area contributed by atoms with E-state index >= 15 is 0 Å². The van der Waals surface area contributed by atoms with E-state index in [0.29, 0.717) is 0 Å². The number of aromatic nitrogens is 1. The Bertz CT molecular complexity index is 559. The van der Waals surface area contributed by atoms with Crippen LogP contribution in [0.1, 0.15) is 23.4 Å². The summed E-state index contributed by atoms with van der Waals surface area (Å²) in [6, 6.07) is 0. The van der Waals surface area contributed by atoms with Crippen molar-refractivity contribution < 1.29 is 4.79 Å². The number of anilines is 1. The van der Waals surface area contributed by atoms with Crippen LogP contribution in [0.25, 0.3) is 0 Å². The number of nitrogens with zero attached hydrogens (tertiary/aromatic N) is 2. The third-order valence-electron chi connectivity index (χ3n) is 3.40. The third-order valence-corrected chi connectivity index (χ3v) is 4.40. The zero-order valence-electron chi connectivity index (χ0n) is 11.0. The van der Waals surface area contributed by atoms with Crippen molar-refractivity contribution in [1.29, 1.82) is 0 Å². The van der Waals surface area contributed by atoms with E-state index in [2.05, 4.69) is 22.2 Å². The average molecular weight is 275 g/mol. The number of hydrogen-bond donors (Lipinski definition) is 1. The van der Waals surface area contributed by atoms with E-state index in [1.807, 2.05) is 18.2 Å². The molecule has 4 nitrogen and oxygen atoms in total. The number of nitrogens with one attached hydrogen (secondary N) is 1. The molecule has 0 fully saturated rings. The van der Waals surface area contributed by atoms with Gasteiger partial charge in [-0.2, -0.15) is 0 Å². The van der Waals surface area contributed by atoms with E-state index in [-0.39, 0.29) is 5.91 Å². The fraction of sp³-hybridized carbons (Fsp3) is 0.429. The van der Waals surface area contributed by atoms with Crippen LogP contribution in [0.15, 0.2) is 23.8 Å². The van der Waals surface area contributed by atoms with Crippen LogP contribution in [-0.4, -0.2) is 29.4 Å². The molecular weight excluding hydrogens is 258 g/mol. The van der Waals surface area contributed by atoms with Gasteiger partial charge in [0.15, 0.2) is 5.13 Å². The Kier molecular flexibility index (Phi) is 3.48. The molecule has 1 aromatic rings. The molecule has 0 radical (unpaired) electrons. The molecule has 0 unspecified atom stereocenters. The third kappa shape index (κ3) is 2.77. The SMILES string of the molecule is CN1CCc2nc(NC(=O)C3=CCCC=C3)sc2C1. The minimum atomic E-state index is -0.0459. The lowest BCUT2D eigenvalue weighted by molar-refractivity contribution is -0.112. The molecule has 1 amide bonds. The first-order chi connectivity index (χ1) is 9.22. The first-order valence-corrected chi connectivity index (χ1v) is 7.39. The monoisotopic (exact) mass is 275 g/mol. The summed E-state index contributed by atoms with van der Waals surface area (Å²) in [5.74, 6) is -0.0459. The molecule has 0 saturated heterocycles. The van der Waals surface area contributed by atoms with E-state index in [9.17, 15) is 4.79 Å².